The topological polar surface area (TPSA) is 12.0 Å². The molecule has 0 radical (unpaired) electrons. The third-order valence-electron chi connectivity index (χ3n) is 2.51. The Morgan fingerprint density at radius 3 is 2.71 bits per heavy atom. The first-order valence-corrected chi connectivity index (χ1v) is 4.48. The van der Waals surface area contributed by atoms with E-state index in [0.717, 1.165) is 6.07 Å². The highest BCUT2D eigenvalue weighted by molar-refractivity contribution is 5.33. The fraction of sp³-hybridized carbons (Fsp3) is 0.400. The van der Waals surface area contributed by atoms with Gasteiger partial charge in [0.05, 0.1) is 0 Å². The van der Waals surface area contributed by atoms with Crippen molar-refractivity contribution in [3.05, 3.63) is 34.6 Å². The lowest BCUT2D eigenvalue weighted by molar-refractivity contribution is 0.419. The first kappa shape index (κ1) is 9.52. The number of nitrogens with one attached hydrogen (secondary N) is 1. The van der Waals surface area contributed by atoms with Gasteiger partial charge in [-0.05, 0) is 25.0 Å². The fourth-order valence-electron chi connectivity index (χ4n) is 1.73. The molecule has 14 heavy (non-hydrogen) atoms. The molecule has 0 saturated heterocycles. The van der Waals surface area contributed by atoms with Gasteiger partial charge in [0.2, 0.25) is 0 Å². The van der Waals surface area contributed by atoms with E-state index in [-0.39, 0.29) is 18.2 Å². The van der Waals surface area contributed by atoms with Crippen molar-refractivity contribution in [1.82, 2.24) is 5.32 Å². The highest BCUT2D eigenvalue weighted by atomic mass is 19.2. The molecular formula is C10H10F3N. The maximum Gasteiger partial charge on any atom is 0.194 e. The van der Waals surface area contributed by atoms with Gasteiger partial charge in [-0.1, -0.05) is 0 Å². The van der Waals surface area contributed by atoms with Gasteiger partial charge in [-0.2, -0.15) is 0 Å². The van der Waals surface area contributed by atoms with Gasteiger partial charge in [-0.25, -0.2) is 13.2 Å². The molecule has 1 unspecified atom stereocenters. The van der Waals surface area contributed by atoms with Crippen molar-refractivity contribution in [2.45, 2.75) is 25.9 Å². The molecule has 4 heteroatoms. The lowest BCUT2D eigenvalue weighted by Crippen LogP contribution is -2.33. The van der Waals surface area contributed by atoms with Crippen LogP contribution in [0.25, 0.3) is 0 Å². The zero-order valence-corrected chi connectivity index (χ0v) is 7.70. The van der Waals surface area contributed by atoms with E-state index < -0.39 is 17.5 Å². The maximum atomic E-state index is 13.2. The standard InChI is InChI=1S/C10H10F3N/c1-5-2-6-3-8(11)10(13)9(12)7(6)4-14-5/h3,5,14H,2,4H2,1H3. The predicted molar refractivity (Wildman–Crippen MR) is 46.3 cm³/mol. The van der Waals surface area contributed by atoms with E-state index in [0.29, 0.717) is 12.0 Å². The molecule has 0 bridgehead atoms. The van der Waals surface area contributed by atoms with Gasteiger partial charge in [0.1, 0.15) is 0 Å². The van der Waals surface area contributed by atoms with Crippen molar-refractivity contribution >= 4 is 0 Å². The van der Waals surface area contributed by atoms with E-state index in [9.17, 15) is 13.2 Å². The van der Waals surface area contributed by atoms with Crippen molar-refractivity contribution in [2.75, 3.05) is 0 Å². The predicted octanol–water partition coefficient (Wildman–Crippen LogP) is 2.14. The molecule has 76 valence electrons. The second-order valence-electron chi connectivity index (χ2n) is 3.61. The highest BCUT2D eigenvalue weighted by Crippen LogP contribution is 2.24. The van der Waals surface area contributed by atoms with Crippen molar-refractivity contribution in [3.63, 3.8) is 0 Å². The van der Waals surface area contributed by atoms with Crippen molar-refractivity contribution in [2.24, 2.45) is 0 Å². The van der Waals surface area contributed by atoms with Crippen LogP contribution in [0, 0.1) is 17.5 Å². The van der Waals surface area contributed by atoms with E-state index in [4.69, 9.17) is 0 Å². The van der Waals surface area contributed by atoms with E-state index in [2.05, 4.69) is 5.32 Å². The van der Waals surface area contributed by atoms with Crippen LogP contribution in [0.3, 0.4) is 0 Å². The summed E-state index contributed by atoms with van der Waals surface area (Å²) < 4.78 is 38.9. The summed E-state index contributed by atoms with van der Waals surface area (Å²) in [6.45, 7) is 2.18. The van der Waals surface area contributed by atoms with Crippen molar-refractivity contribution in [3.8, 4) is 0 Å². The maximum absolute atomic E-state index is 13.2. The molecule has 1 aromatic carbocycles. The van der Waals surface area contributed by atoms with Crippen molar-refractivity contribution < 1.29 is 13.2 Å². The molecule has 1 atom stereocenters. The van der Waals surface area contributed by atoms with E-state index in [1.54, 1.807) is 0 Å². The van der Waals surface area contributed by atoms with E-state index in [1.165, 1.54) is 0 Å². The Morgan fingerprint density at radius 1 is 1.29 bits per heavy atom. The van der Waals surface area contributed by atoms with Crippen LogP contribution in [0.1, 0.15) is 18.1 Å². The van der Waals surface area contributed by atoms with Crippen LogP contribution in [0.4, 0.5) is 13.2 Å². The van der Waals surface area contributed by atoms with Gasteiger partial charge in [-0.15, -0.1) is 0 Å². The number of hydrogen-bond donors (Lipinski definition) is 1. The van der Waals surface area contributed by atoms with Crippen LogP contribution < -0.4 is 5.32 Å². The highest BCUT2D eigenvalue weighted by Gasteiger charge is 2.22. The molecule has 1 N–H and O–H groups in total. The normalized spacial score (nSPS) is 20.7. The van der Waals surface area contributed by atoms with Crippen LogP contribution in [-0.2, 0) is 13.0 Å². The molecule has 0 spiro atoms. The minimum Gasteiger partial charge on any atom is -0.310 e. The van der Waals surface area contributed by atoms with Gasteiger partial charge in [0.15, 0.2) is 17.5 Å². The number of fused-ring (bicyclic) bond motifs is 1. The molecule has 1 aliphatic heterocycles. The average Bonchev–Trinajstić information content (AvgIpc) is 2.14. The minimum absolute atomic E-state index is 0.173. The lowest BCUT2D eigenvalue weighted by Gasteiger charge is -2.23. The molecule has 2 rings (SSSR count). The van der Waals surface area contributed by atoms with E-state index >= 15 is 0 Å². The zero-order chi connectivity index (χ0) is 10.3. The number of benzene rings is 1. The third-order valence-corrected chi connectivity index (χ3v) is 2.51. The van der Waals surface area contributed by atoms with Crippen LogP contribution in [0.2, 0.25) is 0 Å². The quantitative estimate of drug-likeness (QED) is 0.634. The number of hydrogen-bond acceptors (Lipinski definition) is 1. The summed E-state index contributed by atoms with van der Waals surface area (Å²) >= 11 is 0. The first-order valence-electron chi connectivity index (χ1n) is 4.48. The van der Waals surface area contributed by atoms with Gasteiger partial charge in [0.25, 0.3) is 0 Å². The average molecular weight is 201 g/mol. The van der Waals surface area contributed by atoms with Crippen molar-refractivity contribution in [1.29, 1.82) is 0 Å². The third kappa shape index (κ3) is 1.39. The Bertz CT molecular complexity index is 376. The van der Waals surface area contributed by atoms with E-state index in [1.807, 2.05) is 6.92 Å². The summed E-state index contributed by atoms with van der Waals surface area (Å²) in [5.74, 6) is -3.53. The summed E-state index contributed by atoms with van der Waals surface area (Å²) in [5.41, 5.74) is 0.814. The SMILES string of the molecule is CC1Cc2cc(F)c(F)c(F)c2CN1. The van der Waals surface area contributed by atoms with Gasteiger partial charge >= 0.3 is 0 Å². The lowest BCUT2D eigenvalue weighted by atomic mass is 9.96. The molecule has 1 aromatic rings. The largest absolute Gasteiger partial charge is 0.310 e. The Labute approximate surface area is 79.9 Å². The summed E-state index contributed by atoms with van der Waals surface area (Å²) in [7, 11) is 0. The second-order valence-corrected chi connectivity index (χ2v) is 3.61. The van der Waals surface area contributed by atoms with Gasteiger partial charge in [0, 0.05) is 18.2 Å². The first-order chi connectivity index (χ1) is 6.59. The molecule has 0 amide bonds. The smallest absolute Gasteiger partial charge is 0.194 e. The Morgan fingerprint density at radius 2 is 2.00 bits per heavy atom. The molecule has 0 saturated carbocycles. The Balaban J connectivity index is 2.54. The van der Waals surface area contributed by atoms with Gasteiger partial charge < -0.3 is 5.32 Å². The van der Waals surface area contributed by atoms with Gasteiger partial charge in [-0.3, -0.25) is 0 Å². The summed E-state index contributed by atoms with van der Waals surface area (Å²) in [5, 5.41) is 3.00. The summed E-state index contributed by atoms with van der Waals surface area (Å²) in [6, 6.07) is 1.26. The molecule has 0 aromatic heterocycles. The monoisotopic (exact) mass is 201 g/mol. The van der Waals surface area contributed by atoms with Crippen LogP contribution in [0.5, 0.6) is 0 Å². The second kappa shape index (κ2) is 3.28. The minimum atomic E-state index is -1.37. The number of rotatable bonds is 0. The molecule has 1 aliphatic rings. The molecule has 1 nitrogen and oxygen atoms in total. The van der Waals surface area contributed by atoms with Crippen LogP contribution in [-0.4, -0.2) is 6.04 Å². The molecule has 0 aliphatic carbocycles. The molecule has 0 fully saturated rings. The Kier molecular flexibility index (Phi) is 2.23. The van der Waals surface area contributed by atoms with Crippen LogP contribution >= 0.6 is 0 Å². The fourth-order valence-corrected chi connectivity index (χ4v) is 1.73. The molecular weight excluding hydrogens is 191 g/mol. The number of halogens is 3. The Hall–Kier alpha value is -1.03. The zero-order valence-electron chi connectivity index (χ0n) is 7.70. The molecule has 1 heterocycles. The van der Waals surface area contributed by atoms with Crippen LogP contribution in [0.15, 0.2) is 6.07 Å². The summed E-state index contributed by atoms with van der Waals surface area (Å²) in [4.78, 5) is 0. The summed E-state index contributed by atoms with van der Waals surface area (Å²) in [6.07, 6.45) is 0.531.